The molecule has 0 aromatic heterocycles. The lowest BCUT2D eigenvalue weighted by molar-refractivity contribution is -0.122. The Balaban J connectivity index is 1.40. The second kappa shape index (κ2) is 9.72. The molecular formula is C29H32N2O3. The number of carbonyl (C=O) groups is 2. The predicted octanol–water partition coefficient (Wildman–Crippen LogP) is 6.52. The fourth-order valence-electron chi connectivity index (χ4n) is 4.21. The number of nitrogens with one attached hydrogen (secondary N) is 1. The van der Waals surface area contributed by atoms with Gasteiger partial charge in [0, 0.05) is 24.3 Å². The van der Waals surface area contributed by atoms with Crippen LogP contribution in [0, 0.1) is 26.7 Å². The number of hydrogen-bond acceptors (Lipinski definition) is 3. The molecule has 1 heterocycles. The summed E-state index contributed by atoms with van der Waals surface area (Å²) >= 11 is 0. The van der Waals surface area contributed by atoms with E-state index in [1.807, 2.05) is 69.3 Å². The van der Waals surface area contributed by atoms with Crippen LogP contribution in [0.15, 0.2) is 60.7 Å². The minimum Gasteiger partial charge on any atom is -0.457 e. The molecule has 0 unspecified atom stereocenters. The van der Waals surface area contributed by atoms with Gasteiger partial charge in [0.25, 0.3) is 0 Å². The molecule has 3 aromatic rings. The highest BCUT2D eigenvalue weighted by molar-refractivity contribution is 6.03. The second-order valence-corrected chi connectivity index (χ2v) is 9.49. The van der Waals surface area contributed by atoms with Crippen molar-refractivity contribution >= 4 is 23.2 Å². The molecule has 0 aliphatic carbocycles. The Kier molecular flexibility index (Phi) is 6.73. The molecule has 34 heavy (non-hydrogen) atoms. The Morgan fingerprint density at radius 1 is 0.971 bits per heavy atom. The highest BCUT2D eigenvalue weighted by Crippen LogP contribution is 2.32. The molecule has 3 aromatic carbocycles. The maximum atomic E-state index is 12.9. The Hall–Kier alpha value is -3.60. The maximum Gasteiger partial charge on any atom is 0.229 e. The second-order valence-electron chi connectivity index (χ2n) is 9.49. The number of carbonyl (C=O) groups excluding carboxylic acids is 2. The van der Waals surface area contributed by atoms with E-state index in [4.69, 9.17) is 4.74 Å². The minimum atomic E-state index is -0.383. The van der Waals surface area contributed by atoms with Gasteiger partial charge in [-0.15, -0.1) is 0 Å². The smallest absolute Gasteiger partial charge is 0.229 e. The number of benzene rings is 3. The summed E-state index contributed by atoms with van der Waals surface area (Å²) in [7, 11) is 0. The topological polar surface area (TPSA) is 58.6 Å². The van der Waals surface area contributed by atoms with Crippen LogP contribution in [-0.2, 0) is 9.59 Å². The molecule has 4 rings (SSSR count). The SMILES string of the molecule is Cc1ccc(C(C)C)c(Oc2ccc(NC(=O)[C@@H]3CC(=O)N(c4ccc(C)c(C)c4)C3)cc2)c1. The largest absolute Gasteiger partial charge is 0.457 e. The van der Waals surface area contributed by atoms with Gasteiger partial charge in [-0.1, -0.05) is 32.0 Å². The molecule has 1 atom stereocenters. The Bertz CT molecular complexity index is 1210. The highest BCUT2D eigenvalue weighted by Gasteiger charge is 2.35. The van der Waals surface area contributed by atoms with Gasteiger partial charge in [-0.25, -0.2) is 0 Å². The standard InChI is InChI=1S/C29H32N2O3/c1-18(2)26-13-6-19(3)14-27(26)34-25-11-8-23(9-12-25)30-29(33)22-16-28(32)31(17-22)24-10-7-20(4)21(5)15-24/h6-15,18,22H,16-17H2,1-5H3,(H,30,33)/t22-/m1/s1. The van der Waals surface area contributed by atoms with Gasteiger partial charge in [0.05, 0.1) is 5.92 Å². The quantitative estimate of drug-likeness (QED) is 0.459. The van der Waals surface area contributed by atoms with Crippen molar-refractivity contribution in [2.45, 2.75) is 47.0 Å². The van der Waals surface area contributed by atoms with Gasteiger partial charge in [0.1, 0.15) is 11.5 Å². The van der Waals surface area contributed by atoms with Crippen molar-refractivity contribution in [3.63, 3.8) is 0 Å². The number of rotatable bonds is 6. The van der Waals surface area contributed by atoms with Crippen LogP contribution in [0.25, 0.3) is 0 Å². The van der Waals surface area contributed by atoms with E-state index < -0.39 is 0 Å². The van der Waals surface area contributed by atoms with Gasteiger partial charge in [-0.2, -0.15) is 0 Å². The van der Waals surface area contributed by atoms with E-state index in [1.165, 1.54) is 5.56 Å². The van der Waals surface area contributed by atoms with Crippen LogP contribution in [0.1, 0.15) is 48.4 Å². The zero-order chi connectivity index (χ0) is 24.4. The first-order valence-electron chi connectivity index (χ1n) is 11.8. The lowest BCUT2D eigenvalue weighted by Gasteiger charge is -2.18. The molecule has 5 nitrogen and oxygen atoms in total. The van der Waals surface area contributed by atoms with Crippen LogP contribution < -0.4 is 15.0 Å². The van der Waals surface area contributed by atoms with E-state index in [0.717, 1.165) is 28.1 Å². The normalized spacial score (nSPS) is 15.6. The van der Waals surface area contributed by atoms with Gasteiger partial charge in [-0.05, 0) is 91.4 Å². The van der Waals surface area contributed by atoms with E-state index in [-0.39, 0.29) is 24.2 Å². The fourth-order valence-corrected chi connectivity index (χ4v) is 4.21. The van der Waals surface area contributed by atoms with E-state index in [9.17, 15) is 9.59 Å². The number of anilines is 2. The summed E-state index contributed by atoms with van der Waals surface area (Å²) in [5, 5.41) is 2.95. The van der Waals surface area contributed by atoms with Crippen molar-refractivity contribution in [3.05, 3.63) is 82.9 Å². The molecule has 0 saturated carbocycles. The van der Waals surface area contributed by atoms with Crippen LogP contribution in [0.4, 0.5) is 11.4 Å². The minimum absolute atomic E-state index is 0.0220. The number of hydrogen-bond donors (Lipinski definition) is 1. The van der Waals surface area contributed by atoms with Crippen LogP contribution >= 0.6 is 0 Å². The molecule has 0 radical (unpaired) electrons. The zero-order valence-corrected chi connectivity index (χ0v) is 20.5. The van der Waals surface area contributed by atoms with Crippen molar-refractivity contribution in [2.24, 2.45) is 5.92 Å². The lowest BCUT2D eigenvalue weighted by atomic mass is 10.0. The molecule has 1 fully saturated rings. The van der Waals surface area contributed by atoms with Gasteiger partial charge >= 0.3 is 0 Å². The van der Waals surface area contributed by atoms with Crippen molar-refractivity contribution in [1.82, 2.24) is 0 Å². The third-order valence-electron chi connectivity index (χ3n) is 6.44. The summed E-state index contributed by atoms with van der Waals surface area (Å²) in [6, 6.07) is 19.6. The molecule has 2 amide bonds. The third-order valence-corrected chi connectivity index (χ3v) is 6.44. The van der Waals surface area contributed by atoms with Crippen molar-refractivity contribution in [2.75, 3.05) is 16.8 Å². The molecule has 1 saturated heterocycles. The van der Waals surface area contributed by atoms with Crippen LogP contribution in [0.3, 0.4) is 0 Å². The Morgan fingerprint density at radius 2 is 1.71 bits per heavy atom. The van der Waals surface area contributed by atoms with Crippen LogP contribution in [0.2, 0.25) is 0 Å². The maximum absolute atomic E-state index is 12.9. The van der Waals surface area contributed by atoms with Crippen LogP contribution in [0.5, 0.6) is 11.5 Å². The number of nitrogens with zero attached hydrogens (tertiary/aromatic N) is 1. The first-order chi connectivity index (χ1) is 16.2. The zero-order valence-electron chi connectivity index (χ0n) is 20.5. The highest BCUT2D eigenvalue weighted by atomic mass is 16.5. The Labute approximate surface area is 201 Å². The summed E-state index contributed by atoms with van der Waals surface area (Å²) < 4.78 is 6.14. The summed E-state index contributed by atoms with van der Waals surface area (Å²) in [5.41, 5.74) is 6.14. The van der Waals surface area contributed by atoms with Gasteiger partial charge in [0.15, 0.2) is 0 Å². The lowest BCUT2D eigenvalue weighted by Crippen LogP contribution is -2.28. The number of aryl methyl sites for hydroxylation is 3. The number of ether oxygens (including phenoxy) is 1. The fraction of sp³-hybridized carbons (Fsp3) is 0.310. The number of amides is 2. The molecule has 1 N–H and O–H groups in total. The van der Waals surface area contributed by atoms with Gasteiger partial charge in [0.2, 0.25) is 11.8 Å². The predicted molar refractivity (Wildman–Crippen MR) is 137 cm³/mol. The molecule has 0 bridgehead atoms. The van der Waals surface area contributed by atoms with Crippen molar-refractivity contribution in [3.8, 4) is 11.5 Å². The third kappa shape index (κ3) is 5.14. The van der Waals surface area contributed by atoms with E-state index in [0.29, 0.717) is 23.9 Å². The van der Waals surface area contributed by atoms with E-state index >= 15 is 0 Å². The monoisotopic (exact) mass is 456 g/mol. The molecule has 1 aliphatic heterocycles. The average molecular weight is 457 g/mol. The van der Waals surface area contributed by atoms with Crippen molar-refractivity contribution in [1.29, 1.82) is 0 Å². The first-order valence-corrected chi connectivity index (χ1v) is 11.8. The molecule has 0 spiro atoms. The van der Waals surface area contributed by atoms with Crippen LogP contribution in [-0.4, -0.2) is 18.4 Å². The summed E-state index contributed by atoms with van der Waals surface area (Å²) in [6.45, 7) is 10.8. The molecule has 1 aliphatic rings. The summed E-state index contributed by atoms with van der Waals surface area (Å²) in [5.74, 6) is 1.36. The average Bonchev–Trinajstić information content (AvgIpc) is 3.18. The molecule has 176 valence electrons. The van der Waals surface area contributed by atoms with Gasteiger partial charge < -0.3 is 15.0 Å². The molecule has 5 heteroatoms. The summed E-state index contributed by atoms with van der Waals surface area (Å²) in [4.78, 5) is 27.2. The Morgan fingerprint density at radius 3 is 2.38 bits per heavy atom. The van der Waals surface area contributed by atoms with Gasteiger partial charge in [-0.3, -0.25) is 9.59 Å². The molecular weight excluding hydrogens is 424 g/mol. The van der Waals surface area contributed by atoms with E-state index in [1.54, 1.807) is 4.90 Å². The first kappa shape index (κ1) is 23.6. The van der Waals surface area contributed by atoms with Crippen molar-refractivity contribution < 1.29 is 14.3 Å². The van der Waals surface area contributed by atoms with E-state index in [2.05, 4.69) is 31.3 Å². The summed E-state index contributed by atoms with van der Waals surface area (Å²) in [6.07, 6.45) is 0.214.